The Labute approximate surface area is 184 Å². The second-order valence-electron chi connectivity index (χ2n) is 7.40. The molecule has 160 valence electrons. The van der Waals surface area contributed by atoms with E-state index < -0.39 is 15.9 Å². The molecule has 0 bridgehead atoms. The van der Waals surface area contributed by atoms with Crippen molar-refractivity contribution in [2.45, 2.75) is 17.9 Å². The topological polar surface area (TPSA) is 99.5 Å². The highest BCUT2D eigenvalue weighted by atomic mass is 32.2. The number of benzene rings is 2. The summed E-state index contributed by atoms with van der Waals surface area (Å²) in [4.78, 5) is 15.2. The highest BCUT2D eigenvalue weighted by Gasteiger charge is 2.32. The largest absolute Gasteiger partial charge is 0.497 e. The maximum atomic E-state index is 12.8. The summed E-state index contributed by atoms with van der Waals surface area (Å²) in [6.07, 6.45) is 0.589. The Kier molecular flexibility index (Phi) is 5.96. The fourth-order valence-electron chi connectivity index (χ4n) is 3.68. The average Bonchev–Trinajstić information content (AvgIpc) is 3.38. The van der Waals surface area contributed by atoms with Crippen LogP contribution in [0.15, 0.2) is 52.7 Å². The van der Waals surface area contributed by atoms with Crippen molar-refractivity contribution in [1.82, 2.24) is 9.62 Å². The molecule has 4 rings (SSSR count). The Morgan fingerprint density at radius 1 is 1.23 bits per heavy atom. The molecular weight excluding hydrogens is 434 g/mol. The first-order valence-corrected chi connectivity index (χ1v) is 12.1. The van der Waals surface area contributed by atoms with E-state index in [9.17, 15) is 13.2 Å². The van der Waals surface area contributed by atoms with Gasteiger partial charge >= 0.3 is 0 Å². The van der Waals surface area contributed by atoms with Crippen molar-refractivity contribution < 1.29 is 17.9 Å². The molecule has 1 N–H and O–H groups in total. The number of nitriles is 1. The van der Waals surface area contributed by atoms with Crippen molar-refractivity contribution in [2.75, 3.05) is 20.2 Å². The van der Waals surface area contributed by atoms with Crippen molar-refractivity contribution in [2.24, 2.45) is 5.92 Å². The number of ether oxygens (including phenoxy) is 1. The first-order chi connectivity index (χ1) is 14.9. The predicted octanol–water partition coefficient (Wildman–Crippen LogP) is 3.11. The van der Waals surface area contributed by atoms with Crippen molar-refractivity contribution in [3.8, 4) is 11.8 Å². The van der Waals surface area contributed by atoms with Gasteiger partial charge in [0.15, 0.2) is 0 Å². The zero-order chi connectivity index (χ0) is 22.0. The Morgan fingerprint density at radius 2 is 2.03 bits per heavy atom. The third kappa shape index (κ3) is 4.56. The number of nitrogens with one attached hydrogen (secondary N) is 1. The second kappa shape index (κ2) is 8.67. The maximum absolute atomic E-state index is 12.8. The summed E-state index contributed by atoms with van der Waals surface area (Å²) in [6.45, 7) is 1.06. The van der Waals surface area contributed by atoms with Crippen LogP contribution in [0, 0.1) is 17.2 Å². The molecule has 7 nitrogen and oxygen atoms in total. The van der Waals surface area contributed by atoms with Crippen LogP contribution in [0.4, 0.5) is 0 Å². The van der Waals surface area contributed by atoms with Gasteiger partial charge in [-0.1, -0.05) is 12.1 Å². The molecule has 1 fully saturated rings. The molecule has 1 amide bonds. The lowest BCUT2D eigenvalue weighted by Crippen LogP contribution is -2.34. The number of hydrogen-bond donors (Lipinski definition) is 1. The highest BCUT2D eigenvalue weighted by molar-refractivity contribution is 7.89. The normalized spacial score (nSPS) is 16.6. The van der Waals surface area contributed by atoms with Crippen LogP contribution in [0.3, 0.4) is 0 Å². The van der Waals surface area contributed by atoms with Gasteiger partial charge in [-0.25, -0.2) is 13.1 Å². The Morgan fingerprint density at radius 3 is 2.77 bits per heavy atom. The van der Waals surface area contributed by atoms with Gasteiger partial charge < -0.3 is 9.64 Å². The molecule has 1 atom stereocenters. The second-order valence-corrected chi connectivity index (χ2v) is 10.1. The van der Waals surface area contributed by atoms with E-state index in [-0.39, 0.29) is 17.3 Å². The van der Waals surface area contributed by atoms with E-state index in [4.69, 9.17) is 10.00 Å². The lowest BCUT2D eigenvalue weighted by atomic mass is 10.1. The number of amides is 1. The summed E-state index contributed by atoms with van der Waals surface area (Å²) in [7, 11) is -2.19. The fraction of sp³-hybridized carbons (Fsp3) is 0.273. The molecule has 2 heterocycles. The van der Waals surface area contributed by atoms with Gasteiger partial charge in [-0.15, -0.1) is 11.3 Å². The van der Waals surface area contributed by atoms with Crippen LogP contribution in [0.1, 0.15) is 16.9 Å². The van der Waals surface area contributed by atoms with Gasteiger partial charge in [0.2, 0.25) is 15.9 Å². The molecule has 31 heavy (non-hydrogen) atoms. The van der Waals surface area contributed by atoms with Crippen LogP contribution in [0.5, 0.6) is 5.75 Å². The number of sulfonamides is 1. The molecule has 1 aliphatic heterocycles. The molecule has 0 aliphatic carbocycles. The van der Waals surface area contributed by atoms with Crippen LogP contribution in [0.25, 0.3) is 10.8 Å². The molecule has 1 aromatic heterocycles. The van der Waals surface area contributed by atoms with E-state index in [1.165, 1.54) is 11.3 Å². The monoisotopic (exact) mass is 455 g/mol. The van der Waals surface area contributed by atoms with Gasteiger partial charge in [0.1, 0.15) is 16.7 Å². The Balaban J connectivity index is 1.41. The van der Waals surface area contributed by atoms with Crippen molar-refractivity contribution in [1.29, 1.82) is 5.26 Å². The lowest BCUT2D eigenvalue weighted by Gasteiger charge is -2.16. The smallest absolute Gasteiger partial charge is 0.240 e. The highest BCUT2D eigenvalue weighted by Crippen LogP contribution is 2.25. The number of carbonyl (C=O) groups excluding carboxylic acids is 1. The van der Waals surface area contributed by atoms with E-state index in [0.29, 0.717) is 30.1 Å². The minimum Gasteiger partial charge on any atom is -0.497 e. The van der Waals surface area contributed by atoms with Crippen LogP contribution < -0.4 is 9.46 Å². The van der Waals surface area contributed by atoms with Crippen LogP contribution >= 0.6 is 11.3 Å². The summed E-state index contributed by atoms with van der Waals surface area (Å²) in [5.74, 6) is 0.180. The van der Waals surface area contributed by atoms with Crippen molar-refractivity contribution >= 4 is 38.0 Å². The third-order valence-electron chi connectivity index (χ3n) is 5.39. The Bertz CT molecular complexity index is 1280. The summed E-state index contributed by atoms with van der Waals surface area (Å²) in [5.41, 5.74) is 0.919. The molecule has 0 radical (unpaired) electrons. The van der Waals surface area contributed by atoms with E-state index >= 15 is 0 Å². The number of hydrogen-bond acceptors (Lipinski definition) is 6. The minimum atomic E-state index is -3.75. The van der Waals surface area contributed by atoms with Crippen molar-refractivity contribution in [3.63, 3.8) is 0 Å². The summed E-state index contributed by atoms with van der Waals surface area (Å²) >= 11 is 1.35. The van der Waals surface area contributed by atoms with Gasteiger partial charge in [0, 0.05) is 19.6 Å². The first-order valence-electron chi connectivity index (χ1n) is 9.73. The molecule has 3 aromatic rings. The van der Waals surface area contributed by atoms with E-state index in [0.717, 1.165) is 16.3 Å². The van der Waals surface area contributed by atoms with E-state index in [2.05, 4.69) is 10.8 Å². The molecule has 2 aromatic carbocycles. The quantitative estimate of drug-likeness (QED) is 0.590. The molecule has 0 unspecified atom stereocenters. The molecule has 1 aliphatic rings. The number of likely N-dealkylation sites (tertiary alicyclic amines) is 1. The standard InChI is InChI=1S/C22H21N3O4S2/c1-29-19-4-2-16-3-5-21(10-18(16)9-19)31(27,28)24-12-17-6-7-25(22(17)26)13-15-8-20(11-23)30-14-15/h2-5,8-10,14,17,24H,6-7,12-13H2,1H3/t17-/m0/s1. The van der Waals surface area contributed by atoms with Crippen LogP contribution in [-0.4, -0.2) is 39.4 Å². The average molecular weight is 456 g/mol. The molecule has 0 spiro atoms. The lowest BCUT2D eigenvalue weighted by molar-refractivity contribution is -0.131. The maximum Gasteiger partial charge on any atom is 0.240 e. The molecule has 1 saturated heterocycles. The van der Waals surface area contributed by atoms with E-state index in [1.54, 1.807) is 42.3 Å². The summed E-state index contributed by atoms with van der Waals surface area (Å²) in [6, 6.07) is 14.3. The minimum absolute atomic E-state index is 0.0564. The van der Waals surface area contributed by atoms with Crippen molar-refractivity contribution in [3.05, 3.63) is 58.3 Å². The van der Waals surface area contributed by atoms with Gasteiger partial charge in [-0.2, -0.15) is 5.26 Å². The summed E-state index contributed by atoms with van der Waals surface area (Å²) < 4.78 is 33.4. The molecule has 9 heteroatoms. The zero-order valence-corrected chi connectivity index (χ0v) is 18.5. The van der Waals surface area contributed by atoms with Gasteiger partial charge in [0.25, 0.3) is 0 Å². The third-order valence-corrected chi connectivity index (χ3v) is 7.70. The van der Waals surface area contributed by atoms with E-state index in [1.807, 2.05) is 17.5 Å². The summed E-state index contributed by atoms with van der Waals surface area (Å²) in [5, 5.41) is 12.5. The number of carbonyl (C=O) groups is 1. The Hall–Kier alpha value is -2.93. The number of rotatable bonds is 7. The predicted molar refractivity (Wildman–Crippen MR) is 118 cm³/mol. The number of methoxy groups -OCH3 is 1. The van der Waals surface area contributed by atoms with Gasteiger partial charge in [-0.3, -0.25) is 4.79 Å². The van der Waals surface area contributed by atoms with Crippen LogP contribution in [-0.2, 0) is 21.4 Å². The number of fused-ring (bicyclic) bond motifs is 1. The van der Waals surface area contributed by atoms with Gasteiger partial charge in [-0.05, 0) is 58.5 Å². The zero-order valence-electron chi connectivity index (χ0n) is 16.9. The molecule has 0 saturated carbocycles. The number of thiophene rings is 1. The first kappa shape index (κ1) is 21.3. The molecular formula is C22H21N3O4S2. The fourth-order valence-corrected chi connectivity index (χ4v) is 5.49. The van der Waals surface area contributed by atoms with Gasteiger partial charge in [0.05, 0.1) is 17.9 Å². The number of nitrogens with zero attached hydrogens (tertiary/aromatic N) is 2. The van der Waals surface area contributed by atoms with Crippen LogP contribution in [0.2, 0.25) is 0 Å². The SMILES string of the molecule is COc1ccc2ccc(S(=O)(=O)NC[C@@H]3CCN(Cc4csc(C#N)c4)C3=O)cc2c1.